The SMILES string of the molecule is Cc1ccoc1C(=O)NC1[C@@H]2CC[C@H]1CN(C(=O)c1nn(C)c(=O)c3ccccc13)C2. The van der Waals surface area contributed by atoms with Crippen LogP contribution in [0.5, 0.6) is 0 Å². The van der Waals surface area contributed by atoms with Crippen LogP contribution in [0.25, 0.3) is 10.8 Å². The molecule has 3 heterocycles. The molecule has 1 aliphatic heterocycles. The van der Waals surface area contributed by atoms with Gasteiger partial charge in [0.15, 0.2) is 11.5 Å². The monoisotopic (exact) mass is 420 g/mol. The number of piperidine rings is 1. The van der Waals surface area contributed by atoms with Crippen molar-refractivity contribution in [1.82, 2.24) is 20.0 Å². The summed E-state index contributed by atoms with van der Waals surface area (Å²) in [6, 6.07) is 8.87. The normalized spacial score (nSPS) is 22.6. The zero-order valence-corrected chi connectivity index (χ0v) is 17.5. The number of furan rings is 1. The van der Waals surface area contributed by atoms with Gasteiger partial charge in [-0.2, -0.15) is 5.10 Å². The van der Waals surface area contributed by atoms with E-state index in [4.69, 9.17) is 4.42 Å². The minimum absolute atomic E-state index is 0.0193. The third kappa shape index (κ3) is 3.22. The van der Waals surface area contributed by atoms with E-state index in [1.165, 1.54) is 10.9 Å². The molecule has 31 heavy (non-hydrogen) atoms. The number of rotatable bonds is 3. The number of nitrogens with one attached hydrogen (secondary N) is 1. The van der Waals surface area contributed by atoms with Crippen molar-refractivity contribution in [2.24, 2.45) is 18.9 Å². The average Bonchev–Trinajstić information content (AvgIpc) is 3.28. The topological polar surface area (TPSA) is 97.4 Å². The lowest BCUT2D eigenvalue weighted by atomic mass is 9.91. The summed E-state index contributed by atoms with van der Waals surface area (Å²) < 4.78 is 6.55. The maximum Gasteiger partial charge on any atom is 0.287 e. The van der Waals surface area contributed by atoms with Gasteiger partial charge in [0.05, 0.1) is 11.6 Å². The van der Waals surface area contributed by atoms with Crippen LogP contribution in [0.1, 0.15) is 39.4 Å². The fourth-order valence-electron chi connectivity index (χ4n) is 5.05. The molecular weight excluding hydrogens is 396 g/mol. The van der Waals surface area contributed by atoms with Gasteiger partial charge in [-0.1, -0.05) is 18.2 Å². The number of aromatic nitrogens is 2. The number of fused-ring (bicyclic) bond motifs is 3. The van der Waals surface area contributed by atoms with Gasteiger partial charge in [-0.15, -0.1) is 0 Å². The molecule has 3 aromatic rings. The summed E-state index contributed by atoms with van der Waals surface area (Å²) in [6.07, 6.45) is 3.43. The van der Waals surface area contributed by atoms with Crippen LogP contribution in [-0.4, -0.2) is 45.6 Å². The smallest absolute Gasteiger partial charge is 0.287 e. The quantitative estimate of drug-likeness (QED) is 0.700. The largest absolute Gasteiger partial charge is 0.459 e. The molecular formula is C23H24N4O4. The molecule has 8 nitrogen and oxygen atoms in total. The first-order chi connectivity index (χ1) is 14.9. The summed E-state index contributed by atoms with van der Waals surface area (Å²) >= 11 is 0. The van der Waals surface area contributed by atoms with Crippen molar-refractivity contribution in [2.45, 2.75) is 25.8 Å². The Balaban J connectivity index is 1.38. The van der Waals surface area contributed by atoms with Gasteiger partial charge in [0.2, 0.25) is 0 Å². The minimum Gasteiger partial charge on any atom is -0.459 e. The van der Waals surface area contributed by atoms with Crippen molar-refractivity contribution in [3.05, 3.63) is 64.0 Å². The molecule has 1 saturated carbocycles. The molecule has 2 aliphatic rings. The number of aryl methyl sites for hydroxylation is 2. The zero-order chi connectivity index (χ0) is 21.7. The van der Waals surface area contributed by atoms with Gasteiger partial charge in [-0.05, 0) is 43.7 Å². The Kier molecular flexibility index (Phi) is 4.64. The van der Waals surface area contributed by atoms with E-state index in [2.05, 4.69) is 10.4 Å². The lowest BCUT2D eigenvalue weighted by Crippen LogP contribution is -2.54. The standard InChI is InChI=1S/C23H24N4O4/c1-13-9-10-31-20(13)21(28)24-18-14-7-8-15(18)12-27(11-14)23(30)19-16-5-3-4-6-17(16)22(29)26(2)25-19/h3-6,9-10,14-15,18H,7-8,11-12H2,1-2H3,(H,24,28)/t14-,15+,18?. The molecule has 0 spiro atoms. The highest BCUT2D eigenvalue weighted by atomic mass is 16.3. The molecule has 8 heteroatoms. The van der Waals surface area contributed by atoms with Crippen molar-refractivity contribution in [1.29, 1.82) is 0 Å². The second-order valence-electron chi connectivity index (χ2n) is 8.56. The summed E-state index contributed by atoms with van der Waals surface area (Å²) in [4.78, 5) is 40.3. The van der Waals surface area contributed by atoms with E-state index in [-0.39, 0.29) is 35.3 Å². The summed E-state index contributed by atoms with van der Waals surface area (Å²) in [5.41, 5.74) is 0.887. The number of amides is 2. The van der Waals surface area contributed by atoms with Gasteiger partial charge < -0.3 is 14.6 Å². The van der Waals surface area contributed by atoms with Crippen molar-refractivity contribution in [3.8, 4) is 0 Å². The molecule has 5 rings (SSSR count). The average molecular weight is 420 g/mol. The van der Waals surface area contributed by atoms with Crippen LogP contribution in [0.2, 0.25) is 0 Å². The number of nitrogens with zero attached hydrogens (tertiary/aromatic N) is 3. The maximum absolute atomic E-state index is 13.4. The maximum atomic E-state index is 13.4. The molecule has 2 amide bonds. The molecule has 2 bridgehead atoms. The van der Waals surface area contributed by atoms with E-state index >= 15 is 0 Å². The molecule has 1 saturated heterocycles. The van der Waals surface area contributed by atoms with Crippen molar-refractivity contribution < 1.29 is 14.0 Å². The Bertz CT molecular complexity index is 1230. The lowest BCUT2D eigenvalue weighted by Gasteiger charge is -2.38. The Morgan fingerprint density at radius 1 is 1.10 bits per heavy atom. The third-order valence-corrected chi connectivity index (χ3v) is 6.65. The van der Waals surface area contributed by atoms with Crippen LogP contribution in [-0.2, 0) is 7.05 Å². The predicted octanol–water partition coefficient (Wildman–Crippen LogP) is 2.12. The van der Waals surface area contributed by atoms with Gasteiger partial charge in [0, 0.05) is 37.1 Å². The molecule has 1 unspecified atom stereocenters. The molecule has 1 aromatic carbocycles. The van der Waals surface area contributed by atoms with E-state index in [9.17, 15) is 14.4 Å². The van der Waals surface area contributed by atoms with Crippen LogP contribution >= 0.6 is 0 Å². The first-order valence-corrected chi connectivity index (χ1v) is 10.5. The number of likely N-dealkylation sites (tertiary alicyclic amines) is 1. The Morgan fingerprint density at radius 3 is 2.42 bits per heavy atom. The second-order valence-corrected chi connectivity index (χ2v) is 8.56. The molecule has 3 atom stereocenters. The van der Waals surface area contributed by atoms with Crippen LogP contribution in [0.15, 0.2) is 45.8 Å². The number of carbonyl (C=O) groups excluding carboxylic acids is 2. The van der Waals surface area contributed by atoms with Crippen LogP contribution in [0.4, 0.5) is 0 Å². The summed E-state index contributed by atoms with van der Waals surface area (Å²) in [7, 11) is 1.56. The van der Waals surface area contributed by atoms with E-state index in [0.717, 1.165) is 18.4 Å². The molecule has 160 valence electrons. The Labute approximate surface area is 178 Å². The van der Waals surface area contributed by atoms with E-state index in [1.807, 2.05) is 17.9 Å². The molecule has 0 radical (unpaired) electrons. The van der Waals surface area contributed by atoms with Crippen molar-refractivity contribution in [3.63, 3.8) is 0 Å². The molecule has 1 N–H and O–H groups in total. The number of carbonyl (C=O) groups is 2. The number of hydrogen-bond acceptors (Lipinski definition) is 5. The minimum atomic E-state index is -0.221. The van der Waals surface area contributed by atoms with Crippen LogP contribution in [0.3, 0.4) is 0 Å². The summed E-state index contributed by atoms with van der Waals surface area (Å²) in [6.45, 7) is 2.95. The van der Waals surface area contributed by atoms with E-state index < -0.39 is 0 Å². The van der Waals surface area contributed by atoms with Gasteiger partial charge in [-0.25, -0.2) is 4.68 Å². The first-order valence-electron chi connectivity index (χ1n) is 10.5. The van der Waals surface area contributed by atoms with Crippen LogP contribution in [0, 0.1) is 18.8 Å². The fraction of sp³-hybridized carbons (Fsp3) is 0.391. The van der Waals surface area contributed by atoms with Gasteiger partial charge in [-0.3, -0.25) is 14.4 Å². The number of hydrogen-bond donors (Lipinski definition) is 1. The van der Waals surface area contributed by atoms with Gasteiger partial charge in [0.25, 0.3) is 17.4 Å². The highest BCUT2D eigenvalue weighted by molar-refractivity contribution is 6.04. The molecule has 2 fully saturated rings. The zero-order valence-electron chi connectivity index (χ0n) is 17.5. The highest BCUT2D eigenvalue weighted by Crippen LogP contribution is 2.38. The molecule has 2 aromatic heterocycles. The second kappa shape index (κ2) is 7.37. The fourth-order valence-corrected chi connectivity index (χ4v) is 5.05. The number of benzene rings is 1. The van der Waals surface area contributed by atoms with Crippen molar-refractivity contribution in [2.75, 3.05) is 13.1 Å². The van der Waals surface area contributed by atoms with Crippen LogP contribution < -0.4 is 10.9 Å². The Morgan fingerprint density at radius 2 is 1.77 bits per heavy atom. The Hall–Kier alpha value is -3.42. The van der Waals surface area contributed by atoms with E-state index in [0.29, 0.717) is 35.3 Å². The van der Waals surface area contributed by atoms with Crippen molar-refractivity contribution >= 4 is 22.6 Å². The van der Waals surface area contributed by atoms with Gasteiger partial charge >= 0.3 is 0 Å². The first kappa shape index (κ1) is 19.5. The summed E-state index contributed by atoms with van der Waals surface area (Å²) in [5.74, 6) is 0.338. The predicted molar refractivity (Wildman–Crippen MR) is 114 cm³/mol. The van der Waals surface area contributed by atoms with Gasteiger partial charge in [0.1, 0.15) is 0 Å². The summed E-state index contributed by atoms with van der Waals surface area (Å²) in [5, 5.41) is 8.49. The molecule has 1 aliphatic carbocycles. The lowest BCUT2D eigenvalue weighted by molar-refractivity contribution is 0.0589. The van der Waals surface area contributed by atoms with E-state index in [1.54, 1.807) is 31.3 Å². The highest BCUT2D eigenvalue weighted by Gasteiger charge is 2.44. The third-order valence-electron chi connectivity index (χ3n) is 6.65.